The number of aryl methyl sites for hydroxylation is 1. The Morgan fingerprint density at radius 3 is 2.50 bits per heavy atom. The third kappa shape index (κ3) is 2.88. The fourth-order valence-electron chi connectivity index (χ4n) is 3.25. The first-order chi connectivity index (χ1) is 11.8. The van der Waals surface area contributed by atoms with E-state index >= 15 is 0 Å². The normalized spacial score (nSPS) is 15.2. The molecule has 0 amide bonds. The van der Waals surface area contributed by atoms with E-state index in [0.29, 0.717) is 0 Å². The number of hydrogen-bond acceptors (Lipinski definition) is 2. The first kappa shape index (κ1) is 14.8. The molecule has 2 aromatic carbocycles. The van der Waals surface area contributed by atoms with E-state index in [1.165, 1.54) is 22.1 Å². The number of fused-ring (bicyclic) bond motifs is 1. The fourth-order valence-corrected chi connectivity index (χ4v) is 3.25. The summed E-state index contributed by atoms with van der Waals surface area (Å²) in [5.41, 5.74) is 4.85. The van der Waals surface area contributed by atoms with Gasteiger partial charge in [-0.15, -0.1) is 0 Å². The third-order valence-electron chi connectivity index (χ3n) is 4.64. The molecule has 2 nitrogen and oxygen atoms in total. The monoisotopic (exact) mass is 315 g/mol. The summed E-state index contributed by atoms with van der Waals surface area (Å²) in [5.74, 6) is 1.01. The maximum absolute atomic E-state index is 6.08. The zero-order valence-corrected chi connectivity index (χ0v) is 13.9. The Hall–Kier alpha value is -2.74. The van der Waals surface area contributed by atoms with Crippen molar-refractivity contribution in [3.05, 3.63) is 83.4 Å². The highest BCUT2D eigenvalue weighted by molar-refractivity contribution is 5.85. The van der Waals surface area contributed by atoms with Crippen LogP contribution in [0.4, 0.5) is 5.88 Å². The van der Waals surface area contributed by atoms with Gasteiger partial charge >= 0.3 is 0 Å². The van der Waals surface area contributed by atoms with Gasteiger partial charge in [-0.1, -0.05) is 66.8 Å². The lowest BCUT2D eigenvalue weighted by Gasteiger charge is -2.25. The lowest BCUT2D eigenvalue weighted by molar-refractivity contribution is 0.581. The third-order valence-corrected chi connectivity index (χ3v) is 4.64. The number of para-hydroxylation sites is 1. The summed E-state index contributed by atoms with van der Waals surface area (Å²) in [5, 5.41) is 1.21. The molecule has 0 atom stereocenters. The van der Waals surface area contributed by atoms with Crippen LogP contribution in [-0.2, 0) is 0 Å². The first-order valence-corrected chi connectivity index (χ1v) is 8.46. The zero-order chi connectivity index (χ0) is 16.4. The molecule has 1 aliphatic rings. The standard InChI is InChI=1S/C22H21NO/c1-17-20-9-5-6-10-21(20)24-22(17)23-15-13-19(14-16-23)12-11-18-7-3-2-4-8-18/h2-13H,14-16H2,1H3. The molecule has 120 valence electrons. The Balaban J connectivity index is 1.51. The Morgan fingerprint density at radius 1 is 0.958 bits per heavy atom. The van der Waals surface area contributed by atoms with Crippen molar-refractivity contribution in [3.8, 4) is 0 Å². The predicted octanol–water partition coefficient (Wildman–Crippen LogP) is 5.59. The van der Waals surface area contributed by atoms with Crippen molar-refractivity contribution in [1.82, 2.24) is 0 Å². The van der Waals surface area contributed by atoms with Crippen molar-refractivity contribution in [1.29, 1.82) is 0 Å². The van der Waals surface area contributed by atoms with Gasteiger partial charge in [-0.25, -0.2) is 0 Å². The molecule has 1 aliphatic heterocycles. The van der Waals surface area contributed by atoms with Crippen LogP contribution in [0.25, 0.3) is 17.0 Å². The highest BCUT2D eigenvalue weighted by Gasteiger charge is 2.18. The number of hydrogen-bond donors (Lipinski definition) is 0. The second-order valence-corrected chi connectivity index (χ2v) is 6.25. The average Bonchev–Trinajstić information content (AvgIpc) is 2.98. The number of furan rings is 1. The van der Waals surface area contributed by atoms with Crippen molar-refractivity contribution in [2.45, 2.75) is 13.3 Å². The van der Waals surface area contributed by atoms with E-state index in [4.69, 9.17) is 4.42 Å². The number of nitrogens with zero attached hydrogens (tertiary/aromatic N) is 1. The van der Waals surface area contributed by atoms with Crippen LogP contribution >= 0.6 is 0 Å². The van der Waals surface area contributed by atoms with E-state index < -0.39 is 0 Å². The molecule has 0 unspecified atom stereocenters. The molecule has 2 heteroatoms. The van der Waals surface area contributed by atoms with Gasteiger partial charge < -0.3 is 9.32 Å². The molecule has 0 saturated heterocycles. The zero-order valence-electron chi connectivity index (χ0n) is 13.9. The molecule has 2 heterocycles. The molecular weight excluding hydrogens is 294 g/mol. The molecule has 3 aromatic rings. The van der Waals surface area contributed by atoms with Crippen LogP contribution in [0.3, 0.4) is 0 Å². The van der Waals surface area contributed by atoms with Gasteiger partial charge in [0.15, 0.2) is 5.88 Å². The summed E-state index contributed by atoms with van der Waals surface area (Å²) >= 11 is 0. The SMILES string of the molecule is Cc1c(N2CC=C(C=Cc3ccccc3)CC2)oc2ccccc12. The van der Waals surface area contributed by atoms with Crippen LogP contribution in [0.1, 0.15) is 17.5 Å². The van der Waals surface area contributed by atoms with Crippen LogP contribution in [0.2, 0.25) is 0 Å². The molecule has 0 N–H and O–H groups in total. The van der Waals surface area contributed by atoms with E-state index in [0.717, 1.165) is 31.0 Å². The highest BCUT2D eigenvalue weighted by atomic mass is 16.4. The van der Waals surface area contributed by atoms with Gasteiger partial charge in [0.1, 0.15) is 5.58 Å². The molecule has 0 aliphatic carbocycles. The molecule has 24 heavy (non-hydrogen) atoms. The van der Waals surface area contributed by atoms with Gasteiger partial charge in [0.05, 0.1) is 0 Å². The number of anilines is 1. The fraction of sp³-hybridized carbons (Fsp3) is 0.182. The molecule has 4 rings (SSSR count). The van der Waals surface area contributed by atoms with Crippen LogP contribution in [0.5, 0.6) is 0 Å². The van der Waals surface area contributed by atoms with Crippen molar-refractivity contribution < 1.29 is 4.42 Å². The second kappa shape index (κ2) is 6.40. The van der Waals surface area contributed by atoms with Gasteiger partial charge in [0.2, 0.25) is 0 Å². The van der Waals surface area contributed by atoms with Crippen LogP contribution in [0.15, 0.2) is 76.7 Å². The summed E-state index contributed by atoms with van der Waals surface area (Å²) in [4.78, 5) is 2.33. The summed E-state index contributed by atoms with van der Waals surface area (Å²) in [6.45, 7) is 4.04. The molecule has 0 bridgehead atoms. The van der Waals surface area contributed by atoms with Gasteiger partial charge in [0, 0.05) is 24.0 Å². The largest absolute Gasteiger partial charge is 0.440 e. The molecule has 0 saturated carbocycles. The number of allylic oxidation sites excluding steroid dienone is 1. The Kier molecular flexibility index (Phi) is 3.96. The van der Waals surface area contributed by atoms with Crippen LogP contribution in [-0.4, -0.2) is 13.1 Å². The molecule has 0 fully saturated rings. The number of benzene rings is 2. The topological polar surface area (TPSA) is 16.4 Å². The molecule has 1 aromatic heterocycles. The summed E-state index contributed by atoms with van der Waals surface area (Å²) in [6.07, 6.45) is 7.77. The minimum atomic E-state index is 0.898. The first-order valence-electron chi connectivity index (χ1n) is 8.46. The Morgan fingerprint density at radius 2 is 1.75 bits per heavy atom. The van der Waals surface area contributed by atoms with Gasteiger partial charge in [-0.2, -0.15) is 0 Å². The Bertz CT molecular complexity index is 902. The van der Waals surface area contributed by atoms with E-state index in [1.807, 2.05) is 18.2 Å². The maximum atomic E-state index is 6.08. The van der Waals surface area contributed by atoms with Gasteiger partial charge in [-0.05, 0) is 30.5 Å². The Labute approximate surface area is 142 Å². The van der Waals surface area contributed by atoms with E-state index in [1.54, 1.807) is 0 Å². The van der Waals surface area contributed by atoms with E-state index in [2.05, 4.69) is 66.4 Å². The minimum absolute atomic E-state index is 0.898. The predicted molar refractivity (Wildman–Crippen MR) is 101 cm³/mol. The second-order valence-electron chi connectivity index (χ2n) is 6.25. The summed E-state index contributed by atoms with van der Waals surface area (Å²) in [7, 11) is 0. The maximum Gasteiger partial charge on any atom is 0.200 e. The molecule has 0 radical (unpaired) electrons. The van der Waals surface area contributed by atoms with Crippen molar-refractivity contribution >= 4 is 22.9 Å². The van der Waals surface area contributed by atoms with Crippen molar-refractivity contribution in [3.63, 3.8) is 0 Å². The molecular formula is C22H21NO. The lowest BCUT2D eigenvalue weighted by Crippen LogP contribution is -2.28. The van der Waals surface area contributed by atoms with Crippen molar-refractivity contribution in [2.24, 2.45) is 0 Å². The average molecular weight is 315 g/mol. The van der Waals surface area contributed by atoms with Gasteiger partial charge in [-0.3, -0.25) is 0 Å². The van der Waals surface area contributed by atoms with Crippen molar-refractivity contribution in [2.75, 3.05) is 18.0 Å². The number of rotatable bonds is 3. The van der Waals surface area contributed by atoms with Crippen LogP contribution < -0.4 is 4.90 Å². The minimum Gasteiger partial charge on any atom is -0.440 e. The van der Waals surface area contributed by atoms with Crippen LogP contribution in [0, 0.1) is 6.92 Å². The quantitative estimate of drug-likeness (QED) is 0.626. The summed E-state index contributed by atoms with van der Waals surface area (Å²) < 4.78 is 6.08. The smallest absolute Gasteiger partial charge is 0.200 e. The molecule has 0 spiro atoms. The lowest BCUT2D eigenvalue weighted by atomic mass is 10.1. The highest BCUT2D eigenvalue weighted by Crippen LogP contribution is 2.33. The van der Waals surface area contributed by atoms with E-state index in [9.17, 15) is 0 Å². The summed E-state index contributed by atoms with van der Waals surface area (Å²) in [6, 6.07) is 18.7. The van der Waals surface area contributed by atoms with Gasteiger partial charge in [0.25, 0.3) is 0 Å². The van der Waals surface area contributed by atoms with E-state index in [-0.39, 0.29) is 0 Å².